The largest absolute Gasteiger partial charge is 0.497 e. The van der Waals surface area contributed by atoms with E-state index in [-0.39, 0.29) is 11.9 Å². The van der Waals surface area contributed by atoms with Gasteiger partial charge < -0.3 is 4.74 Å². The van der Waals surface area contributed by atoms with Gasteiger partial charge >= 0.3 is 0 Å². The normalized spacial score (nSPS) is 12.2. The van der Waals surface area contributed by atoms with Crippen LogP contribution in [0.2, 0.25) is 0 Å². The Morgan fingerprint density at radius 3 is 2.42 bits per heavy atom. The second-order valence-electron chi connectivity index (χ2n) is 4.29. The summed E-state index contributed by atoms with van der Waals surface area (Å²) >= 11 is 0. The molecule has 0 heterocycles. The number of nitrogens with two attached hydrogens (primary N) is 1. The molecule has 0 fully saturated rings. The number of nitrogens with one attached hydrogen (secondary N) is 1. The van der Waals surface area contributed by atoms with Gasteiger partial charge in [0.1, 0.15) is 11.6 Å². The van der Waals surface area contributed by atoms with Crippen molar-refractivity contribution in [1.82, 2.24) is 5.43 Å². The number of ether oxygens (including phenoxy) is 1. The molecule has 3 nitrogen and oxygen atoms in total. The third-order valence-corrected chi connectivity index (χ3v) is 3.08. The van der Waals surface area contributed by atoms with Crippen molar-refractivity contribution in [2.45, 2.75) is 12.5 Å². The van der Waals surface area contributed by atoms with Gasteiger partial charge in [0.25, 0.3) is 0 Å². The molecule has 0 aliphatic heterocycles. The fourth-order valence-corrected chi connectivity index (χ4v) is 2.01. The lowest BCUT2D eigenvalue weighted by atomic mass is 9.99. The fraction of sp³-hybridized carbons (Fsp3) is 0.200. The third kappa shape index (κ3) is 3.30. The minimum absolute atomic E-state index is 0.251. The Hall–Kier alpha value is -1.91. The van der Waals surface area contributed by atoms with E-state index in [1.54, 1.807) is 25.3 Å². The molecule has 0 radical (unpaired) electrons. The first-order valence-electron chi connectivity index (χ1n) is 6.08. The Bertz CT molecular complexity index is 528. The molecule has 0 aromatic heterocycles. The molecule has 3 N–H and O–H groups in total. The molecule has 19 heavy (non-hydrogen) atoms. The lowest BCUT2D eigenvalue weighted by Gasteiger charge is -2.17. The van der Waals surface area contributed by atoms with Crippen molar-refractivity contribution in [3.05, 3.63) is 65.5 Å². The molecule has 0 aliphatic carbocycles. The van der Waals surface area contributed by atoms with Gasteiger partial charge in [0, 0.05) is 5.56 Å². The Morgan fingerprint density at radius 1 is 1.16 bits per heavy atom. The van der Waals surface area contributed by atoms with Crippen LogP contribution in [0.15, 0.2) is 48.5 Å². The van der Waals surface area contributed by atoms with Crippen molar-refractivity contribution in [2.75, 3.05) is 7.11 Å². The van der Waals surface area contributed by atoms with E-state index in [2.05, 4.69) is 5.43 Å². The van der Waals surface area contributed by atoms with Crippen LogP contribution in [-0.4, -0.2) is 7.11 Å². The minimum Gasteiger partial charge on any atom is -0.497 e. The molecule has 0 bridgehead atoms. The molecular weight excluding hydrogens is 243 g/mol. The summed E-state index contributed by atoms with van der Waals surface area (Å²) in [5.41, 5.74) is 4.30. The predicted molar refractivity (Wildman–Crippen MR) is 73.2 cm³/mol. The average Bonchev–Trinajstić information content (AvgIpc) is 2.46. The third-order valence-electron chi connectivity index (χ3n) is 3.08. The van der Waals surface area contributed by atoms with E-state index in [0.29, 0.717) is 12.0 Å². The fourth-order valence-electron chi connectivity index (χ4n) is 2.01. The maximum absolute atomic E-state index is 13.7. The van der Waals surface area contributed by atoms with Crippen LogP contribution in [-0.2, 0) is 6.42 Å². The molecule has 0 aliphatic rings. The Morgan fingerprint density at radius 2 is 1.84 bits per heavy atom. The molecule has 2 rings (SSSR count). The van der Waals surface area contributed by atoms with Crippen molar-refractivity contribution >= 4 is 0 Å². The number of hydrogen-bond acceptors (Lipinski definition) is 3. The summed E-state index contributed by atoms with van der Waals surface area (Å²) in [6, 6.07) is 14.0. The Balaban J connectivity index is 2.17. The molecule has 0 saturated carbocycles. The number of rotatable bonds is 5. The molecule has 2 aromatic rings. The summed E-state index contributed by atoms with van der Waals surface area (Å²) in [5.74, 6) is 6.08. The van der Waals surface area contributed by atoms with Crippen molar-refractivity contribution in [3.8, 4) is 5.75 Å². The van der Waals surface area contributed by atoms with Crippen LogP contribution < -0.4 is 16.0 Å². The first-order chi connectivity index (χ1) is 9.24. The maximum atomic E-state index is 13.7. The molecule has 100 valence electrons. The standard InChI is InChI=1S/C15H17FN2O/c1-19-12-8-6-11(7-9-12)10-15(18-17)13-4-2-3-5-14(13)16/h2-9,15,18H,10,17H2,1H3. The van der Waals surface area contributed by atoms with Crippen LogP contribution in [0.1, 0.15) is 17.2 Å². The summed E-state index contributed by atoms with van der Waals surface area (Å²) in [6.07, 6.45) is 0.613. The van der Waals surface area contributed by atoms with Crippen LogP contribution in [0.3, 0.4) is 0 Å². The van der Waals surface area contributed by atoms with E-state index in [1.165, 1.54) is 6.07 Å². The van der Waals surface area contributed by atoms with Gasteiger partial charge in [-0.2, -0.15) is 0 Å². The molecule has 1 unspecified atom stereocenters. The molecule has 0 spiro atoms. The topological polar surface area (TPSA) is 47.3 Å². The lowest BCUT2D eigenvalue weighted by Crippen LogP contribution is -2.30. The summed E-state index contributed by atoms with van der Waals surface area (Å²) in [7, 11) is 1.62. The highest BCUT2D eigenvalue weighted by Crippen LogP contribution is 2.21. The number of methoxy groups -OCH3 is 1. The highest BCUT2D eigenvalue weighted by Gasteiger charge is 2.14. The number of hydrogen-bond donors (Lipinski definition) is 2. The zero-order valence-corrected chi connectivity index (χ0v) is 10.8. The highest BCUT2D eigenvalue weighted by atomic mass is 19.1. The summed E-state index contributed by atoms with van der Waals surface area (Å²) < 4.78 is 18.8. The predicted octanol–water partition coefficient (Wildman–Crippen LogP) is 2.58. The molecular formula is C15H17FN2O. The highest BCUT2D eigenvalue weighted by molar-refractivity contribution is 5.29. The van der Waals surface area contributed by atoms with Crippen molar-refractivity contribution < 1.29 is 9.13 Å². The van der Waals surface area contributed by atoms with Gasteiger partial charge in [-0.15, -0.1) is 0 Å². The van der Waals surface area contributed by atoms with Gasteiger partial charge in [-0.1, -0.05) is 30.3 Å². The average molecular weight is 260 g/mol. The molecule has 4 heteroatoms. The van der Waals surface area contributed by atoms with Crippen LogP contribution in [0, 0.1) is 5.82 Å². The monoisotopic (exact) mass is 260 g/mol. The number of benzene rings is 2. The van der Waals surface area contributed by atoms with Crippen molar-refractivity contribution in [3.63, 3.8) is 0 Å². The lowest BCUT2D eigenvalue weighted by molar-refractivity contribution is 0.414. The van der Waals surface area contributed by atoms with Gasteiger partial charge in [-0.25, -0.2) is 4.39 Å². The van der Waals surface area contributed by atoms with Crippen LogP contribution in [0.25, 0.3) is 0 Å². The Labute approximate surface area is 112 Å². The zero-order chi connectivity index (χ0) is 13.7. The summed E-state index contributed by atoms with van der Waals surface area (Å²) in [6.45, 7) is 0. The van der Waals surface area contributed by atoms with Gasteiger partial charge in [0.2, 0.25) is 0 Å². The van der Waals surface area contributed by atoms with Crippen molar-refractivity contribution in [2.24, 2.45) is 5.84 Å². The van der Waals surface area contributed by atoms with Crippen molar-refractivity contribution in [1.29, 1.82) is 0 Å². The van der Waals surface area contributed by atoms with E-state index in [1.807, 2.05) is 24.3 Å². The smallest absolute Gasteiger partial charge is 0.128 e. The van der Waals surface area contributed by atoms with E-state index in [9.17, 15) is 4.39 Å². The Kier molecular flexibility index (Phi) is 4.49. The van der Waals surface area contributed by atoms with E-state index in [0.717, 1.165) is 11.3 Å². The molecule has 2 aromatic carbocycles. The summed E-state index contributed by atoms with van der Waals surface area (Å²) in [5, 5.41) is 0. The molecule has 1 atom stereocenters. The van der Waals surface area contributed by atoms with Gasteiger partial charge in [-0.05, 0) is 30.2 Å². The van der Waals surface area contributed by atoms with E-state index >= 15 is 0 Å². The number of hydrazine groups is 1. The minimum atomic E-state index is -0.255. The van der Waals surface area contributed by atoms with Crippen LogP contribution >= 0.6 is 0 Å². The second-order valence-corrected chi connectivity index (χ2v) is 4.29. The first kappa shape index (κ1) is 13.5. The quantitative estimate of drug-likeness (QED) is 0.641. The second kappa shape index (κ2) is 6.31. The van der Waals surface area contributed by atoms with Crippen LogP contribution in [0.5, 0.6) is 5.75 Å². The number of halogens is 1. The van der Waals surface area contributed by atoms with E-state index in [4.69, 9.17) is 10.6 Å². The maximum Gasteiger partial charge on any atom is 0.128 e. The van der Waals surface area contributed by atoms with Gasteiger partial charge in [-0.3, -0.25) is 11.3 Å². The van der Waals surface area contributed by atoms with Crippen LogP contribution in [0.4, 0.5) is 4.39 Å². The molecule has 0 amide bonds. The zero-order valence-electron chi connectivity index (χ0n) is 10.8. The van der Waals surface area contributed by atoms with Gasteiger partial charge in [0.05, 0.1) is 13.2 Å². The van der Waals surface area contributed by atoms with E-state index < -0.39 is 0 Å². The summed E-state index contributed by atoms with van der Waals surface area (Å²) in [4.78, 5) is 0. The van der Waals surface area contributed by atoms with Gasteiger partial charge in [0.15, 0.2) is 0 Å². The SMILES string of the molecule is COc1ccc(CC(NN)c2ccccc2F)cc1. The molecule has 0 saturated heterocycles. The first-order valence-corrected chi connectivity index (χ1v) is 6.08.